The lowest BCUT2D eigenvalue weighted by atomic mass is 10.2. The van der Waals surface area contributed by atoms with Crippen molar-refractivity contribution in [1.82, 2.24) is 4.98 Å². The van der Waals surface area contributed by atoms with Gasteiger partial charge in [-0.25, -0.2) is 0 Å². The summed E-state index contributed by atoms with van der Waals surface area (Å²) in [5.41, 5.74) is 37.7. The number of phenols is 1. The molecule has 44 heavy (non-hydrogen) atoms. The van der Waals surface area contributed by atoms with Crippen LogP contribution in [0.5, 0.6) is 5.75 Å². The first kappa shape index (κ1) is 35.8. The van der Waals surface area contributed by atoms with E-state index in [-0.39, 0.29) is 11.7 Å². The molecule has 1 aromatic heterocycles. The SMILES string of the molecule is CC(=O)Nc1ccccc1N.Cc1cccc(N)c1.NC(=O)c1cccc(N)c1.Nc1cccc(O)c1.Nc1ccncc1. The lowest BCUT2D eigenvalue weighted by Crippen LogP contribution is -2.10. The van der Waals surface area contributed by atoms with Gasteiger partial charge in [-0.3, -0.25) is 14.6 Å². The Bertz CT molecular complexity index is 1500. The first-order valence-corrected chi connectivity index (χ1v) is 13.2. The highest BCUT2D eigenvalue weighted by molar-refractivity contribution is 5.93. The van der Waals surface area contributed by atoms with Crippen molar-refractivity contribution in [2.24, 2.45) is 5.73 Å². The Morgan fingerprint density at radius 1 is 0.659 bits per heavy atom. The minimum absolute atomic E-state index is 0.108. The van der Waals surface area contributed by atoms with Gasteiger partial charge in [0.25, 0.3) is 0 Å². The maximum Gasteiger partial charge on any atom is 0.248 e. The fourth-order valence-electron chi connectivity index (χ4n) is 3.05. The van der Waals surface area contributed by atoms with E-state index in [1.807, 2.05) is 43.3 Å². The zero-order valence-corrected chi connectivity index (χ0v) is 24.7. The molecule has 14 N–H and O–H groups in total. The van der Waals surface area contributed by atoms with Gasteiger partial charge in [-0.1, -0.05) is 36.4 Å². The van der Waals surface area contributed by atoms with Gasteiger partial charge in [-0.15, -0.1) is 0 Å². The van der Waals surface area contributed by atoms with Crippen LogP contribution in [-0.4, -0.2) is 21.9 Å². The second-order valence-corrected chi connectivity index (χ2v) is 9.05. The summed E-state index contributed by atoms with van der Waals surface area (Å²) >= 11 is 0. The van der Waals surface area contributed by atoms with Gasteiger partial charge in [-0.05, 0) is 79.2 Å². The average Bonchev–Trinajstić information content (AvgIpc) is 2.96. The number of nitrogens with one attached hydrogen (secondary N) is 1. The Hall–Kier alpha value is -6.23. The van der Waals surface area contributed by atoms with Crippen LogP contribution in [0.2, 0.25) is 0 Å². The van der Waals surface area contributed by atoms with Crippen LogP contribution < -0.4 is 39.7 Å². The molecule has 2 amide bonds. The number of carbonyl (C=O) groups is 2. The van der Waals surface area contributed by atoms with Crippen LogP contribution in [0, 0.1) is 6.92 Å². The largest absolute Gasteiger partial charge is 0.508 e. The van der Waals surface area contributed by atoms with Crippen molar-refractivity contribution < 1.29 is 14.7 Å². The molecule has 230 valence electrons. The van der Waals surface area contributed by atoms with E-state index in [1.165, 1.54) is 18.6 Å². The lowest BCUT2D eigenvalue weighted by Gasteiger charge is -2.03. The molecule has 0 bridgehead atoms. The van der Waals surface area contributed by atoms with Gasteiger partial charge >= 0.3 is 0 Å². The Morgan fingerprint density at radius 2 is 1.20 bits per heavy atom. The number of carbonyl (C=O) groups excluding carboxylic acids is 2. The third kappa shape index (κ3) is 16.8. The molecule has 1 heterocycles. The van der Waals surface area contributed by atoms with Gasteiger partial charge in [0.05, 0.1) is 11.4 Å². The molecular formula is C33H40N8O3. The number of aromatic hydroxyl groups is 1. The maximum absolute atomic E-state index is 10.6. The van der Waals surface area contributed by atoms with Crippen molar-refractivity contribution in [3.63, 3.8) is 0 Å². The predicted octanol–water partition coefficient (Wildman–Crippen LogP) is 4.81. The summed E-state index contributed by atoms with van der Waals surface area (Å²) in [6.45, 7) is 3.47. The Morgan fingerprint density at radius 3 is 1.57 bits per heavy atom. The van der Waals surface area contributed by atoms with Crippen molar-refractivity contribution in [1.29, 1.82) is 0 Å². The topological polar surface area (TPSA) is 235 Å². The second kappa shape index (κ2) is 19.8. The second-order valence-electron chi connectivity index (χ2n) is 9.05. The number of nitrogens with zero attached hydrogens (tertiary/aromatic N) is 1. The first-order chi connectivity index (χ1) is 20.9. The number of aromatic nitrogens is 1. The summed E-state index contributed by atoms with van der Waals surface area (Å²) in [7, 11) is 0. The van der Waals surface area contributed by atoms with Crippen LogP contribution in [0.15, 0.2) is 122 Å². The fourth-order valence-corrected chi connectivity index (χ4v) is 3.05. The van der Waals surface area contributed by atoms with Crippen LogP contribution in [-0.2, 0) is 4.79 Å². The Kier molecular flexibility index (Phi) is 16.1. The average molecular weight is 597 g/mol. The molecule has 0 saturated heterocycles. The van der Waals surface area contributed by atoms with Crippen molar-refractivity contribution in [3.05, 3.63) is 133 Å². The molecule has 0 unspecified atom stereocenters. The summed E-state index contributed by atoms with van der Waals surface area (Å²) in [5.74, 6) is -0.347. The number of aryl methyl sites for hydroxylation is 1. The molecule has 0 fully saturated rings. The summed E-state index contributed by atoms with van der Waals surface area (Å²) in [5, 5.41) is 11.3. The summed E-state index contributed by atoms with van der Waals surface area (Å²) in [6, 6.07) is 31.5. The van der Waals surface area contributed by atoms with Gasteiger partial charge in [-0.2, -0.15) is 0 Å². The third-order valence-electron chi connectivity index (χ3n) is 5.06. The van der Waals surface area contributed by atoms with Crippen molar-refractivity contribution in [2.45, 2.75) is 13.8 Å². The molecule has 4 aromatic carbocycles. The molecule has 0 atom stereocenters. The van der Waals surface area contributed by atoms with Gasteiger partial charge in [0.2, 0.25) is 11.8 Å². The number of rotatable bonds is 2. The van der Waals surface area contributed by atoms with Crippen molar-refractivity contribution in [2.75, 3.05) is 34.0 Å². The normalized spacial score (nSPS) is 9.05. The number of hydrogen-bond donors (Lipinski definition) is 8. The fraction of sp³-hybridized carbons (Fsp3) is 0.0606. The molecule has 0 aliphatic rings. The van der Waals surface area contributed by atoms with Crippen LogP contribution in [0.3, 0.4) is 0 Å². The molecule has 0 aliphatic carbocycles. The Labute approximate surface area is 257 Å². The number of para-hydroxylation sites is 2. The van der Waals surface area contributed by atoms with E-state index in [1.54, 1.807) is 79.1 Å². The molecule has 0 radical (unpaired) electrons. The number of nitrogen functional groups attached to an aromatic ring is 5. The van der Waals surface area contributed by atoms with Crippen molar-refractivity contribution in [3.8, 4) is 5.75 Å². The third-order valence-corrected chi connectivity index (χ3v) is 5.06. The van der Waals surface area contributed by atoms with Crippen LogP contribution in [0.25, 0.3) is 0 Å². The quantitative estimate of drug-likeness (QED) is 0.130. The molecule has 5 rings (SSSR count). The number of benzene rings is 4. The van der Waals surface area contributed by atoms with E-state index >= 15 is 0 Å². The van der Waals surface area contributed by atoms with E-state index < -0.39 is 5.91 Å². The van der Waals surface area contributed by atoms with Crippen LogP contribution >= 0.6 is 0 Å². The number of nitrogens with two attached hydrogens (primary N) is 6. The van der Waals surface area contributed by atoms with E-state index in [2.05, 4.69) is 10.3 Å². The monoisotopic (exact) mass is 596 g/mol. The minimum atomic E-state index is -0.452. The number of pyridine rings is 1. The van der Waals surface area contributed by atoms with Gasteiger partial charge < -0.3 is 44.8 Å². The zero-order valence-electron chi connectivity index (χ0n) is 24.7. The molecular weight excluding hydrogens is 556 g/mol. The maximum atomic E-state index is 10.6. The van der Waals surface area contributed by atoms with Crippen LogP contribution in [0.1, 0.15) is 22.8 Å². The summed E-state index contributed by atoms with van der Waals surface area (Å²) in [6.07, 6.45) is 3.32. The van der Waals surface area contributed by atoms with Gasteiger partial charge in [0, 0.05) is 53.7 Å². The molecule has 11 heteroatoms. The lowest BCUT2D eigenvalue weighted by molar-refractivity contribution is -0.114. The Balaban J connectivity index is 0.000000277. The smallest absolute Gasteiger partial charge is 0.248 e. The molecule has 0 saturated carbocycles. The van der Waals surface area contributed by atoms with E-state index in [0.717, 1.165) is 11.4 Å². The van der Waals surface area contributed by atoms with Crippen LogP contribution in [0.4, 0.5) is 34.1 Å². The van der Waals surface area contributed by atoms with Crippen molar-refractivity contribution >= 4 is 45.9 Å². The summed E-state index contributed by atoms with van der Waals surface area (Å²) < 4.78 is 0. The van der Waals surface area contributed by atoms with Gasteiger partial charge in [0.15, 0.2) is 0 Å². The highest BCUT2D eigenvalue weighted by atomic mass is 16.3. The number of phenolic OH excluding ortho intramolecular Hbond substituents is 1. The first-order valence-electron chi connectivity index (χ1n) is 13.2. The van der Waals surface area contributed by atoms with E-state index in [0.29, 0.717) is 28.3 Å². The summed E-state index contributed by atoms with van der Waals surface area (Å²) in [4.78, 5) is 24.9. The number of anilines is 6. The molecule has 11 nitrogen and oxygen atoms in total. The molecule has 5 aromatic rings. The number of amides is 2. The van der Waals surface area contributed by atoms with E-state index in [9.17, 15) is 9.59 Å². The number of primary amides is 1. The highest BCUT2D eigenvalue weighted by Crippen LogP contribution is 2.16. The molecule has 0 spiro atoms. The van der Waals surface area contributed by atoms with Gasteiger partial charge in [0.1, 0.15) is 5.75 Å². The highest BCUT2D eigenvalue weighted by Gasteiger charge is 1.98. The molecule has 0 aliphatic heterocycles. The van der Waals surface area contributed by atoms with E-state index in [4.69, 9.17) is 39.5 Å². The zero-order chi connectivity index (χ0) is 32.9. The standard InChI is InChI=1S/C8H10N2O.C7H8N2O.C7H9N.C6H7NO.C5H6N2/c1-6(11)10-8-5-3-2-4-7(8)9;8-6-3-1-2-5(4-6)7(9)10;1-6-3-2-4-7(8)5-6;7-5-2-1-3-6(8)4-5;6-5-1-3-7-4-2-5/h2-5H,9H2,1H3,(H,10,11);1-4H,8H2,(H2,9,10);2-5H,8H2,1H3;1-4,8H,7H2;1-4H,(H2,6,7). The predicted molar refractivity (Wildman–Crippen MR) is 181 cm³/mol. The number of hydrogen-bond acceptors (Lipinski definition) is 9. The minimum Gasteiger partial charge on any atom is -0.508 e.